The fraction of sp³-hybridized carbons (Fsp3) is 0.455. The summed E-state index contributed by atoms with van der Waals surface area (Å²) in [5.74, 6) is -0.0896. The lowest BCUT2D eigenvalue weighted by Crippen LogP contribution is -2.44. The summed E-state index contributed by atoms with van der Waals surface area (Å²) in [6.45, 7) is 10.6. The normalized spacial score (nSPS) is 14.8. The minimum atomic E-state index is -0.626. The number of nitrogens with zero attached hydrogens (tertiary/aromatic N) is 5. The zero-order chi connectivity index (χ0) is 31.2. The van der Waals surface area contributed by atoms with E-state index in [1.165, 1.54) is 4.68 Å². The Balaban J connectivity index is 1.34. The van der Waals surface area contributed by atoms with Gasteiger partial charge >= 0.3 is 12.1 Å². The summed E-state index contributed by atoms with van der Waals surface area (Å²) >= 11 is 0. The number of benzene rings is 2. The number of amides is 3. The number of rotatable bonds is 9. The molecule has 3 amide bonds. The molecule has 0 atom stereocenters. The molecule has 0 unspecified atom stereocenters. The van der Waals surface area contributed by atoms with E-state index in [9.17, 15) is 14.4 Å². The highest BCUT2D eigenvalue weighted by atomic mass is 16.6. The number of urea groups is 1. The van der Waals surface area contributed by atoms with Gasteiger partial charge < -0.3 is 30.1 Å². The molecule has 44 heavy (non-hydrogen) atoms. The zero-order valence-corrected chi connectivity index (χ0v) is 26.2. The molecule has 2 aliphatic rings. The van der Waals surface area contributed by atoms with Crippen molar-refractivity contribution in [2.45, 2.75) is 59.5 Å². The Morgan fingerprint density at radius 3 is 2.20 bits per heavy atom. The summed E-state index contributed by atoms with van der Waals surface area (Å²) < 4.78 is 6.63. The fourth-order valence-electron chi connectivity index (χ4n) is 5.66. The number of carbonyl (C=O) groups is 3. The van der Waals surface area contributed by atoms with Gasteiger partial charge in [0.05, 0.1) is 25.4 Å². The van der Waals surface area contributed by atoms with Crippen LogP contribution in [-0.2, 0) is 30.7 Å². The number of hydrogen-bond acceptors (Lipinski definition) is 7. The van der Waals surface area contributed by atoms with Gasteiger partial charge in [0.15, 0.2) is 5.82 Å². The molecule has 2 aromatic carbocycles. The number of aryl methyl sites for hydroxylation is 2. The first kappa shape index (κ1) is 31.1. The fourth-order valence-corrected chi connectivity index (χ4v) is 5.66. The van der Waals surface area contributed by atoms with Gasteiger partial charge in [-0.05, 0) is 61.7 Å². The topological polar surface area (TPSA) is 112 Å². The lowest BCUT2D eigenvalue weighted by Gasteiger charge is -2.34. The number of ether oxygens (including phenoxy) is 1. The van der Waals surface area contributed by atoms with Crippen LogP contribution in [0.4, 0.5) is 26.8 Å². The van der Waals surface area contributed by atoms with Crippen molar-refractivity contribution in [2.75, 3.05) is 55.4 Å². The Hall–Kier alpha value is -4.38. The van der Waals surface area contributed by atoms with Crippen LogP contribution in [-0.4, -0.2) is 77.4 Å². The second-order valence-electron chi connectivity index (χ2n) is 11.4. The number of nitrogens with one attached hydrogen (secondary N) is 2. The summed E-state index contributed by atoms with van der Waals surface area (Å²) in [4.78, 5) is 46.1. The van der Waals surface area contributed by atoms with E-state index in [1.54, 1.807) is 17.0 Å². The highest BCUT2D eigenvalue weighted by Gasteiger charge is 2.34. The SMILES string of the molecule is CCCCOC(=O)n1nc(NC(=O)c2ccc(N3CCN(C)CC3)cc2)c2c1CN(C(=O)Nc1c(CC)cccc1CC)C2. The highest BCUT2D eigenvalue weighted by Crippen LogP contribution is 2.31. The third kappa shape index (κ3) is 6.72. The van der Waals surface area contributed by atoms with E-state index in [0.717, 1.165) is 74.4 Å². The van der Waals surface area contributed by atoms with Gasteiger partial charge in [0.25, 0.3) is 5.91 Å². The molecule has 11 nitrogen and oxygen atoms in total. The van der Waals surface area contributed by atoms with Crippen molar-refractivity contribution < 1.29 is 19.1 Å². The molecule has 1 saturated heterocycles. The Labute approximate surface area is 259 Å². The van der Waals surface area contributed by atoms with E-state index in [-0.39, 0.29) is 37.5 Å². The van der Waals surface area contributed by atoms with Crippen LogP contribution in [0.3, 0.4) is 0 Å². The minimum absolute atomic E-state index is 0.155. The van der Waals surface area contributed by atoms with Gasteiger partial charge in [-0.3, -0.25) is 4.79 Å². The molecular formula is C33H43N7O4. The summed E-state index contributed by atoms with van der Waals surface area (Å²) in [6.07, 6.45) is 2.56. The van der Waals surface area contributed by atoms with Gasteiger partial charge in [-0.1, -0.05) is 45.4 Å². The van der Waals surface area contributed by atoms with Crippen molar-refractivity contribution in [3.8, 4) is 0 Å². The summed E-state index contributed by atoms with van der Waals surface area (Å²) in [5, 5.41) is 10.4. The average Bonchev–Trinajstić information content (AvgIpc) is 3.62. The van der Waals surface area contributed by atoms with E-state index in [1.807, 2.05) is 37.3 Å². The molecule has 1 fully saturated rings. The second kappa shape index (κ2) is 13.9. The Morgan fingerprint density at radius 1 is 0.886 bits per heavy atom. The number of fused-ring (bicyclic) bond motifs is 1. The Kier molecular flexibility index (Phi) is 9.84. The summed E-state index contributed by atoms with van der Waals surface area (Å²) in [5.41, 5.74) is 5.65. The smallest absolute Gasteiger partial charge is 0.435 e. The van der Waals surface area contributed by atoms with E-state index < -0.39 is 6.09 Å². The maximum absolute atomic E-state index is 13.5. The number of anilines is 3. The van der Waals surface area contributed by atoms with Crippen LogP contribution >= 0.6 is 0 Å². The van der Waals surface area contributed by atoms with Gasteiger partial charge in [0.1, 0.15) is 0 Å². The summed E-state index contributed by atoms with van der Waals surface area (Å²) in [6, 6.07) is 13.3. The molecule has 0 radical (unpaired) electrons. The maximum Gasteiger partial charge on any atom is 0.435 e. The van der Waals surface area contributed by atoms with Crippen LogP contribution in [0, 0.1) is 0 Å². The first-order valence-corrected chi connectivity index (χ1v) is 15.6. The molecule has 0 aliphatic carbocycles. The maximum atomic E-state index is 13.5. The number of aromatic nitrogens is 2. The Bertz CT molecular complexity index is 1470. The van der Waals surface area contributed by atoms with Gasteiger partial charge in [0.2, 0.25) is 0 Å². The molecule has 2 N–H and O–H groups in total. The number of carbonyl (C=O) groups excluding carboxylic acids is 3. The quantitative estimate of drug-likeness (QED) is 0.318. The molecule has 0 saturated carbocycles. The molecule has 11 heteroatoms. The molecule has 3 heterocycles. The van der Waals surface area contributed by atoms with E-state index >= 15 is 0 Å². The Morgan fingerprint density at radius 2 is 1.57 bits per heavy atom. The van der Waals surface area contributed by atoms with Crippen LogP contribution in [0.2, 0.25) is 0 Å². The van der Waals surface area contributed by atoms with Crippen molar-refractivity contribution in [2.24, 2.45) is 0 Å². The van der Waals surface area contributed by atoms with Crippen LogP contribution in [0.25, 0.3) is 0 Å². The first-order valence-electron chi connectivity index (χ1n) is 15.6. The second-order valence-corrected chi connectivity index (χ2v) is 11.4. The molecule has 234 valence electrons. The van der Waals surface area contributed by atoms with E-state index in [0.29, 0.717) is 16.8 Å². The van der Waals surface area contributed by atoms with Crippen LogP contribution < -0.4 is 15.5 Å². The standard InChI is InChI=1S/C33H43N7O4/c1-5-8-20-44-33(43)40-28-22-39(32(42)34-29-23(6-2)10-9-11-24(29)7-3)21-27(28)30(36-40)35-31(41)25-12-14-26(15-13-25)38-18-16-37(4)17-19-38/h9-15H,5-8,16-22H2,1-4H3,(H,34,42)(H,35,36,41). The number of para-hydroxylation sites is 1. The summed E-state index contributed by atoms with van der Waals surface area (Å²) in [7, 11) is 2.12. The molecule has 0 bridgehead atoms. The van der Waals surface area contributed by atoms with Crippen molar-refractivity contribution in [1.82, 2.24) is 19.6 Å². The van der Waals surface area contributed by atoms with Crippen LogP contribution in [0.15, 0.2) is 42.5 Å². The third-order valence-electron chi connectivity index (χ3n) is 8.42. The predicted octanol–water partition coefficient (Wildman–Crippen LogP) is 5.34. The van der Waals surface area contributed by atoms with E-state index in [4.69, 9.17) is 4.74 Å². The van der Waals surface area contributed by atoms with Crippen LogP contribution in [0.1, 0.15) is 66.4 Å². The number of hydrogen-bond donors (Lipinski definition) is 2. The molecule has 1 aromatic heterocycles. The lowest BCUT2D eigenvalue weighted by atomic mass is 10.0. The molecule has 0 spiro atoms. The number of likely N-dealkylation sites (N-methyl/N-ethyl adjacent to an activating group) is 1. The zero-order valence-electron chi connectivity index (χ0n) is 26.2. The minimum Gasteiger partial charge on any atom is -0.448 e. The lowest BCUT2D eigenvalue weighted by molar-refractivity contribution is 0.102. The van der Waals surface area contributed by atoms with Gasteiger partial charge in [0, 0.05) is 48.7 Å². The number of unbranched alkanes of at least 4 members (excludes halogenated alkanes) is 1. The highest BCUT2D eigenvalue weighted by molar-refractivity contribution is 6.04. The first-order chi connectivity index (χ1) is 21.3. The van der Waals surface area contributed by atoms with Gasteiger partial charge in [-0.2, -0.15) is 4.68 Å². The largest absolute Gasteiger partial charge is 0.448 e. The van der Waals surface area contributed by atoms with Crippen molar-refractivity contribution in [1.29, 1.82) is 0 Å². The molecule has 3 aromatic rings. The van der Waals surface area contributed by atoms with Crippen LogP contribution in [0.5, 0.6) is 0 Å². The monoisotopic (exact) mass is 601 g/mol. The third-order valence-corrected chi connectivity index (χ3v) is 8.42. The molecule has 5 rings (SSSR count). The van der Waals surface area contributed by atoms with Crippen molar-refractivity contribution in [3.63, 3.8) is 0 Å². The van der Waals surface area contributed by atoms with Crippen molar-refractivity contribution in [3.05, 3.63) is 70.4 Å². The predicted molar refractivity (Wildman–Crippen MR) is 171 cm³/mol. The number of piperazine rings is 1. The molecule has 2 aliphatic heterocycles. The van der Waals surface area contributed by atoms with Gasteiger partial charge in [-0.15, -0.1) is 5.10 Å². The molecular weight excluding hydrogens is 558 g/mol. The average molecular weight is 602 g/mol. The van der Waals surface area contributed by atoms with E-state index in [2.05, 4.69) is 46.4 Å². The van der Waals surface area contributed by atoms with Gasteiger partial charge in [-0.25, -0.2) is 9.59 Å². The van der Waals surface area contributed by atoms with Crippen molar-refractivity contribution >= 4 is 35.2 Å².